The number of carbonyl (C=O) groups is 1. The predicted octanol–water partition coefficient (Wildman–Crippen LogP) is 1.76. The highest BCUT2D eigenvalue weighted by Crippen LogP contribution is 2.03. The minimum atomic E-state index is -0.277. The molecule has 6 heteroatoms. The molecule has 0 aliphatic carbocycles. The summed E-state index contributed by atoms with van der Waals surface area (Å²) in [6, 6.07) is 9.50. The maximum atomic E-state index is 11.7. The molecule has 0 spiro atoms. The van der Waals surface area contributed by atoms with Crippen LogP contribution in [0.25, 0.3) is 0 Å². The number of rotatable bonds is 7. The van der Waals surface area contributed by atoms with Gasteiger partial charge < -0.3 is 4.74 Å². The third kappa shape index (κ3) is 4.15. The Labute approximate surface area is 117 Å². The van der Waals surface area contributed by atoms with E-state index >= 15 is 0 Å². The molecule has 2 rings (SSSR count). The largest absolute Gasteiger partial charge is 0.457 e. The van der Waals surface area contributed by atoms with Gasteiger partial charge in [0.25, 0.3) is 0 Å². The minimum absolute atomic E-state index is 0.113. The fraction of sp³-hybridized carbons (Fsp3) is 0.429. The Bertz CT molecular complexity index is 539. The van der Waals surface area contributed by atoms with Crippen LogP contribution < -0.4 is 0 Å². The topological polar surface area (TPSA) is 69.9 Å². The molecule has 0 N–H and O–H groups in total. The number of aryl methyl sites for hydroxylation is 1. The van der Waals surface area contributed by atoms with Crippen LogP contribution in [-0.2, 0) is 29.1 Å². The highest BCUT2D eigenvalue weighted by Gasteiger charge is 2.10. The predicted molar refractivity (Wildman–Crippen MR) is 72.7 cm³/mol. The van der Waals surface area contributed by atoms with Crippen molar-refractivity contribution in [2.75, 3.05) is 0 Å². The average Bonchev–Trinajstić information content (AvgIpc) is 2.91. The van der Waals surface area contributed by atoms with E-state index in [-0.39, 0.29) is 19.0 Å². The first-order valence-corrected chi connectivity index (χ1v) is 6.74. The van der Waals surface area contributed by atoms with Gasteiger partial charge in [0.2, 0.25) is 0 Å². The van der Waals surface area contributed by atoms with Gasteiger partial charge in [-0.3, -0.25) is 4.79 Å². The van der Waals surface area contributed by atoms with Gasteiger partial charge >= 0.3 is 5.97 Å². The molecule has 0 unspecified atom stereocenters. The second kappa shape index (κ2) is 7.37. The molecule has 0 aliphatic heterocycles. The van der Waals surface area contributed by atoms with E-state index in [1.54, 1.807) is 4.68 Å². The molecule has 1 aromatic heterocycles. The molecule has 0 fully saturated rings. The smallest absolute Gasteiger partial charge is 0.310 e. The zero-order chi connectivity index (χ0) is 14.2. The van der Waals surface area contributed by atoms with Crippen molar-refractivity contribution in [3.8, 4) is 0 Å². The number of ether oxygens (including phenoxy) is 1. The Kier molecular flexibility index (Phi) is 5.23. The molecule has 20 heavy (non-hydrogen) atoms. The molecule has 0 radical (unpaired) electrons. The van der Waals surface area contributed by atoms with Gasteiger partial charge in [0, 0.05) is 6.54 Å². The monoisotopic (exact) mass is 274 g/mol. The SMILES string of the molecule is CCCCn1nnnc1COC(=O)Cc1ccccc1. The van der Waals surface area contributed by atoms with Crippen molar-refractivity contribution in [2.24, 2.45) is 0 Å². The summed E-state index contributed by atoms with van der Waals surface area (Å²) < 4.78 is 6.89. The van der Waals surface area contributed by atoms with Crippen LogP contribution in [0.15, 0.2) is 30.3 Å². The third-order valence-corrected chi connectivity index (χ3v) is 2.88. The van der Waals surface area contributed by atoms with E-state index in [2.05, 4.69) is 22.4 Å². The van der Waals surface area contributed by atoms with Gasteiger partial charge in [-0.2, -0.15) is 0 Å². The van der Waals surface area contributed by atoms with Crippen LogP contribution in [0.3, 0.4) is 0 Å². The van der Waals surface area contributed by atoms with E-state index in [0.717, 1.165) is 24.9 Å². The van der Waals surface area contributed by atoms with Crippen molar-refractivity contribution in [1.82, 2.24) is 20.2 Å². The summed E-state index contributed by atoms with van der Waals surface area (Å²) >= 11 is 0. The van der Waals surface area contributed by atoms with Crippen LogP contribution in [0.1, 0.15) is 31.2 Å². The standard InChI is InChI=1S/C14H18N4O2/c1-2-3-9-18-13(15-16-17-18)11-20-14(19)10-12-7-5-4-6-8-12/h4-8H,2-3,9-11H2,1H3. The zero-order valence-electron chi connectivity index (χ0n) is 11.5. The fourth-order valence-corrected chi connectivity index (χ4v) is 1.77. The molecule has 2 aromatic rings. The molecule has 1 aromatic carbocycles. The lowest BCUT2D eigenvalue weighted by atomic mass is 10.2. The molecule has 0 bridgehead atoms. The number of hydrogen-bond acceptors (Lipinski definition) is 5. The minimum Gasteiger partial charge on any atom is -0.457 e. The summed E-state index contributed by atoms with van der Waals surface area (Å²) in [6.07, 6.45) is 2.32. The number of unbranched alkanes of at least 4 members (excludes halogenated alkanes) is 1. The van der Waals surface area contributed by atoms with Crippen molar-refractivity contribution < 1.29 is 9.53 Å². The van der Waals surface area contributed by atoms with Gasteiger partial charge in [0.05, 0.1) is 6.42 Å². The Balaban J connectivity index is 1.83. The first kappa shape index (κ1) is 14.2. The van der Waals surface area contributed by atoms with Gasteiger partial charge in [-0.05, 0) is 22.4 Å². The quantitative estimate of drug-likeness (QED) is 0.719. The van der Waals surface area contributed by atoms with Crippen molar-refractivity contribution in [1.29, 1.82) is 0 Å². The number of carbonyl (C=O) groups excluding carboxylic acids is 1. The van der Waals surface area contributed by atoms with Crippen LogP contribution >= 0.6 is 0 Å². The van der Waals surface area contributed by atoms with E-state index in [4.69, 9.17) is 4.74 Å². The molecule has 0 saturated carbocycles. The Hall–Kier alpha value is -2.24. The molecule has 1 heterocycles. The highest BCUT2D eigenvalue weighted by atomic mass is 16.5. The first-order valence-electron chi connectivity index (χ1n) is 6.74. The molecule has 0 aliphatic rings. The second-order valence-corrected chi connectivity index (χ2v) is 4.49. The Morgan fingerprint density at radius 2 is 2.10 bits per heavy atom. The highest BCUT2D eigenvalue weighted by molar-refractivity contribution is 5.72. The third-order valence-electron chi connectivity index (χ3n) is 2.88. The summed E-state index contributed by atoms with van der Waals surface area (Å²) in [5, 5.41) is 11.4. The Morgan fingerprint density at radius 1 is 1.30 bits per heavy atom. The fourth-order valence-electron chi connectivity index (χ4n) is 1.77. The van der Waals surface area contributed by atoms with E-state index in [1.807, 2.05) is 30.3 Å². The first-order chi connectivity index (χ1) is 9.79. The summed E-state index contributed by atoms with van der Waals surface area (Å²) in [5.41, 5.74) is 0.933. The summed E-state index contributed by atoms with van der Waals surface area (Å²) in [5.74, 6) is 0.307. The summed E-state index contributed by atoms with van der Waals surface area (Å²) in [7, 11) is 0. The average molecular weight is 274 g/mol. The number of esters is 1. The maximum absolute atomic E-state index is 11.7. The zero-order valence-corrected chi connectivity index (χ0v) is 11.5. The van der Waals surface area contributed by atoms with Crippen molar-refractivity contribution in [2.45, 2.75) is 39.3 Å². The van der Waals surface area contributed by atoms with Crippen molar-refractivity contribution in [3.05, 3.63) is 41.7 Å². The maximum Gasteiger partial charge on any atom is 0.310 e. The number of tetrazole rings is 1. The second-order valence-electron chi connectivity index (χ2n) is 4.49. The van der Waals surface area contributed by atoms with Crippen LogP contribution in [0, 0.1) is 0 Å². The lowest BCUT2D eigenvalue weighted by molar-refractivity contribution is -0.144. The van der Waals surface area contributed by atoms with Gasteiger partial charge in [0.1, 0.15) is 0 Å². The molecular weight excluding hydrogens is 256 g/mol. The van der Waals surface area contributed by atoms with Crippen molar-refractivity contribution in [3.63, 3.8) is 0 Å². The lowest BCUT2D eigenvalue weighted by Gasteiger charge is -2.05. The Morgan fingerprint density at radius 3 is 2.85 bits per heavy atom. The van der Waals surface area contributed by atoms with Crippen LogP contribution in [0.5, 0.6) is 0 Å². The molecule has 0 amide bonds. The lowest BCUT2D eigenvalue weighted by Crippen LogP contribution is -2.12. The summed E-state index contributed by atoms with van der Waals surface area (Å²) in [6.45, 7) is 2.96. The number of aromatic nitrogens is 4. The van der Waals surface area contributed by atoms with Crippen LogP contribution in [0.4, 0.5) is 0 Å². The molecule has 6 nitrogen and oxygen atoms in total. The van der Waals surface area contributed by atoms with Gasteiger partial charge in [-0.1, -0.05) is 43.7 Å². The van der Waals surface area contributed by atoms with E-state index in [9.17, 15) is 4.79 Å². The molecule has 0 atom stereocenters. The van der Waals surface area contributed by atoms with E-state index < -0.39 is 0 Å². The number of hydrogen-bond donors (Lipinski definition) is 0. The van der Waals surface area contributed by atoms with Gasteiger partial charge in [0.15, 0.2) is 12.4 Å². The van der Waals surface area contributed by atoms with Gasteiger partial charge in [-0.15, -0.1) is 5.10 Å². The molecular formula is C14H18N4O2. The van der Waals surface area contributed by atoms with E-state index in [0.29, 0.717) is 5.82 Å². The normalized spacial score (nSPS) is 10.4. The number of nitrogens with zero attached hydrogens (tertiary/aromatic N) is 4. The summed E-state index contributed by atoms with van der Waals surface area (Å²) in [4.78, 5) is 11.7. The van der Waals surface area contributed by atoms with E-state index in [1.165, 1.54) is 0 Å². The number of benzene rings is 1. The van der Waals surface area contributed by atoms with Crippen LogP contribution in [0.2, 0.25) is 0 Å². The van der Waals surface area contributed by atoms with Crippen LogP contribution in [-0.4, -0.2) is 26.2 Å². The van der Waals surface area contributed by atoms with Crippen molar-refractivity contribution >= 4 is 5.97 Å². The molecule has 106 valence electrons. The van der Waals surface area contributed by atoms with Gasteiger partial charge in [-0.25, -0.2) is 4.68 Å². The molecule has 0 saturated heterocycles.